The van der Waals surface area contributed by atoms with Gasteiger partial charge in [-0.25, -0.2) is 4.39 Å². The van der Waals surface area contributed by atoms with Gasteiger partial charge in [0.15, 0.2) is 0 Å². The van der Waals surface area contributed by atoms with Crippen LogP contribution in [0, 0.1) is 17.7 Å². The standard InChI is InChI=1S/C17H19BrFNO/c1-20(10-13-8-14(18)6-7-16(13)19)17(21)9-15(11-2-3-11)12-4-5-12/h6-9,11-12H,2-5,10H2,1H3. The minimum Gasteiger partial charge on any atom is -0.338 e. The minimum atomic E-state index is -0.272. The van der Waals surface area contributed by atoms with E-state index >= 15 is 0 Å². The van der Waals surface area contributed by atoms with Crippen LogP contribution in [0.3, 0.4) is 0 Å². The highest BCUT2D eigenvalue weighted by Crippen LogP contribution is 2.48. The van der Waals surface area contributed by atoms with Gasteiger partial charge in [0.2, 0.25) is 5.91 Å². The number of amides is 1. The second-order valence-electron chi connectivity index (χ2n) is 6.12. The fraction of sp³-hybridized carbons (Fsp3) is 0.471. The van der Waals surface area contributed by atoms with Crippen LogP contribution in [0.15, 0.2) is 34.3 Å². The number of carbonyl (C=O) groups excluding carboxylic acids is 1. The Kier molecular flexibility index (Phi) is 4.16. The summed E-state index contributed by atoms with van der Waals surface area (Å²) in [7, 11) is 1.73. The first-order chi connectivity index (χ1) is 10.0. The molecule has 4 heteroatoms. The maximum atomic E-state index is 13.8. The van der Waals surface area contributed by atoms with Gasteiger partial charge in [-0.2, -0.15) is 0 Å². The fourth-order valence-electron chi connectivity index (χ4n) is 2.65. The van der Waals surface area contributed by atoms with Gasteiger partial charge in [0.25, 0.3) is 0 Å². The summed E-state index contributed by atoms with van der Waals surface area (Å²) in [6, 6.07) is 4.82. The summed E-state index contributed by atoms with van der Waals surface area (Å²) < 4.78 is 14.6. The predicted octanol–water partition coefficient (Wildman–Crippen LogP) is 4.29. The second kappa shape index (κ2) is 5.91. The Bertz CT molecular complexity index is 576. The molecule has 0 atom stereocenters. The summed E-state index contributed by atoms with van der Waals surface area (Å²) in [5, 5.41) is 0. The van der Waals surface area contributed by atoms with Crippen LogP contribution in [0.2, 0.25) is 0 Å². The molecule has 0 aliphatic heterocycles. The van der Waals surface area contributed by atoms with Crippen molar-refractivity contribution in [3.05, 3.63) is 45.7 Å². The van der Waals surface area contributed by atoms with E-state index in [1.54, 1.807) is 24.1 Å². The van der Waals surface area contributed by atoms with Gasteiger partial charge in [0.05, 0.1) is 0 Å². The Labute approximate surface area is 133 Å². The van der Waals surface area contributed by atoms with Crippen molar-refractivity contribution in [3.63, 3.8) is 0 Å². The number of nitrogens with zero attached hydrogens (tertiary/aromatic N) is 1. The van der Waals surface area contributed by atoms with Crippen LogP contribution in [0.5, 0.6) is 0 Å². The maximum Gasteiger partial charge on any atom is 0.246 e. The molecule has 3 rings (SSSR count). The Hall–Kier alpha value is -1.16. The predicted molar refractivity (Wildman–Crippen MR) is 84.1 cm³/mol. The third-order valence-corrected chi connectivity index (χ3v) is 4.67. The molecule has 2 nitrogen and oxygen atoms in total. The lowest BCUT2D eigenvalue weighted by Crippen LogP contribution is -2.25. The van der Waals surface area contributed by atoms with Crippen molar-refractivity contribution in [2.24, 2.45) is 11.8 Å². The Morgan fingerprint density at radius 3 is 2.52 bits per heavy atom. The van der Waals surface area contributed by atoms with E-state index in [4.69, 9.17) is 0 Å². The van der Waals surface area contributed by atoms with E-state index in [9.17, 15) is 9.18 Å². The van der Waals surface area contributed by atoms with E-state index in [0.717, 1.165) is 4.47 Å². The molecule has 0 N–H and O–H groups in total. The normalized spacial score (nSPS) is 17.5. The molecule has 2 fully saturated rings. The van der Waals surface area contributed by atoms with Crippen molar-refractivity contribution in [2.75, 3.05) is 7.05 Å². The molecule has 0 spiro atoms. The van der Waals surface area contributed by atoms with E-state index in [1.807, 2.05) is 6.08 Å². The largest absolute Gasteiger partial charge is 0.338 e. The first kappa shape index (κ1) is 14.8. The van der Waals surface area contributed by atoms with E-state index in [2.05, 4.69) is 15.9 Å². The summed E-state index contributed by atoms with van der Waals surface area (Å²) in [5.74, 6) is 0.990. The highest BCUT2D eigenvalue weighted by atomic mass is 79.9. The second-order valence-corrected chi connectivity index (χ2v) is 7.04. The van der Waals surface area contributed by atoms with E-state index in [-0.39, 0.29) is 11.7 Å². The van der Waals surface area contributed by atoms with Crippen LogP contribution in [0.25, 0.3) is 0 Å². The summed E-state index contributed by atoms with van der Waals surface area (Å²) >= 11 is 3.34. The number of hydrogen-bond donors (Lipinski definition) is 0. The van der Waals surface area contributed by atoms with Crippen molar-refractivity contribution >= 4 is 21.8 Å². The lowest BCUT2D eigenvalue weighted by Gasteiger charge is -2.17. The van der Waals surface area contributed by atoms with Crippen LogP contribution in [-0.4, -0.2) is 17.9 Å². The SMILES string of the molecule is CN(Cc1cc(Br)ccc1F)C(=O)C=C(C1CC1)C1CC1. The molecule has 1 amide bonds. The smallest absolute Gasteiger partial charge is 0.246 e. The van der Waals surface area contributed by atoms with Gasteiger partial charge in [-0.15, -0.1) is 0 Å². The third kappa shape index (κ3) is 3.73. The monoisotopic (exact) mass is 351 g/mol. The average Bonchev–Trinajstić information content (AvgIpc) is 3.32. The quantitative estimate of drug-likeness (QED) is 0.724. The third-order valence-electron chi connectivity index (χ3n) is 4.18. The summed E-state index contributed by atoms with van der Waals surface area (Å²) in [6.45, 7) is 0.295. The lowest BCUT2D eigenvalue weighted by atomic mass is 10.1. The Morgan fingerprint density at radius 1 is 1.33 bits per heavy atom. The molecule has 112 valence electrons. The number of rotatable bonds is 5. The molecule has 2 aliphatic carbocycles. The highest BCUT2D eigenvalue weighted by Gasteiger charge is 2.36. The van der Waals surface area contributed by atoms with Crippen LogP contribution < -0.4 is 0 Å². The van der Waals surface area contributed by atoms with Gasteiger partial charge in [-0.3, -0.25) is 4.79 Å². The summed E-state index contributed by atoms with van der Waals surface area (Å²) in [5.41, 5.74) is 1.87. The molecule has 0 heterocycles. The molecule has 1 aromatic rings. The number of likely N-dealkylation sites (N-methyl/N-ethyl adjacent to an activating group) is 1. The van der Waals surface area contributed by atoms with Gasteiger partial charge in [0.1, 0.15) is 5.82 Å². The molecule has 2 saturated carbocycles. The van der Waals surface area contributed by atoms with Crippen LogP contribution in [-0.2, 0) is 11.3 Å². The first-order valence-corrected chi connectivity index (χ1v) is 8.24. The molecule has 21 heavy (non-hydrogen) atoms. The van der Waals surface area contributed by atoms with Crippen LogP contribution in [0.4, 0.5) is 4.39 Å². The van der Waals surface area contributed by atoms with Crippen molar-refractivity contribution in [2.45, 2.75) is 32.2 Å². The molecule has 0 bridgehead atoms. The average molecular weight is 352 g/mol. The van der Waals surface area contributed by atoms with E-state index < -0.39 is 0 Å². The topological polar surface area (TPSA) is 20.3 Å². The summed E-state index contributed by atoms with van der Waals surface area (Å²) in [6.07, 6.45) is 6.70. The van der Waals surface area contributed by atoms with Gasteiger partial charge in [0, 0.05) is 29.7 Å². The van der Waals surface area contributed by atoms with E-state index in [1.165, 1.54) is 37.3 Å². The fourth-order valence-corrected chi connectivity index (χ4v) is 3.06. The number of benzene rings is 1. The number of carbonyl (C=O) groups is 1. The molecule has 0 aromatic heterocycles. The lowest BCUT2D eigenvalue weighted by molar-refractivity contribution is -0.125. The van der Waals surface area contributed by atoms with Crippen LogP contribution >= 0.6 is 15.9 Å². The molecular weight excluding hydrogens is 333 g/mol. The highest BCUT2D eigenvalue weighted by molar-refractivity contribution is 9.10. The zero-order valence-electron chi connectivity index (χ0n) is 12.1. The van der Waals surface area contributed by atoms with Crippen molar-refractivity contribution in [3.8, 4) is 0 Å². The molecule has 0 unspecified atom stereocenters. The number of hydrogen-bond acceptors (Lipinski definition) is 1. The molecule has 1 aromatic carbocycles. The number of halogens is 2. The van der Waals surface area contributed by atoms with Gasteiger partial charge >= 0.3 is 0 Å². The molecule has 0 radical (unpaired) electrons. The van der Waals surface area contributed by atoms with Crippen molar-refractivity contribution < 1.29 is 9.18 Å². The van der Waals surface area contributed by atoms with Crippen molar-refractivity contribution in [1.82, 2.24) is 4.90 Å². The Morgan fingerprint density at radius 2 is 1.95 bits per heavy atom. The Balaban J connectivity index is 1.69. The van der Waals surface area contributed by atoms with Crippen molar-refractivity contribution in [1.29, 1.82) is 0 Å². The van der Waals surface area contributed by atoms with E-state index in [0.29, 0.717) is 23.9 Å². The summed E-state index contributed by atoms with van der Waals surface area (Å²) in [4.78, 5) is 13.9. The van der Waals surface area contributed by atoms with Gasteiger partial charge in [-0.1, -0.05) is 21.5 Å². The minimum absolute atomic E-state index is 0.0109. The molecular formula is C17H19BrFNO. The molecule has 0 saturated heterocycles. The maximum absolute atomic E-state index is 13.8. The number of allylic oxidation sites excluding steroid dienone is 1. The van der Waals surface area contributed by atoms with Gasteiger partial charge in [-0.05, 0) is 55.7 Å². The zero-order valence-corrected chi connectivity index (χ0v) is 13.7. The molecule has 2 aliphatic rings. The van der Waals surface area contributed by atoms with Gasteiger partial charge < -0.3 is 4.90 Å². The zero-order chi connectivity index (χ0) is 15.0. The first-order valence-electron chi connectivity index (χ1n) is 7.45. The van der Waals surface area contributed by atoms with Crippen LogP contribution in [0.1, 0.15) is 31.2 Å².